The molecule has 120 valence electrons. The van der Waals surface area contributed by atoms with E-state index in [0.717, 1.165) is 26.1 Å². The molecule has 4 nitrogen and oxygen atoms in total. The van der Waals surface area contributed by atoms with Crippen molar-refractivity contribution in [3.63, 3.8) is 0 Å². The van der Waals surface area contributed by atoms with Crippen molar-refractivity contribution in [2.24, 2.45) is 5.73 Å². The van der Waals surface area contributed by atoms with E-state index in [0.29, 0.717) is 5.92 Å². The lowest BCUT2D eigenvalue weighted by atomic mass is 9.78. The molecule has 4 heteroatoms. The zero-order chi connectivity index (χ0) is 15.6. The molecule has 0 bridgehead atoms. The van der Waals surface area contributed by atoms with Gasteiger partial charge in [-0.2, -0.15) is 5.10 Å². The summed E-state index contributed by atoms with van der Waals surface area (Å²) in [4.78, 5) is 2.23. The first-order chi connectivity index (χ1) is 9.84. The summed E-state index contributed by atoms with van der Waals surface area (Å²) in [6.45, 7) is 9.64. The summed E-state index contributed by atoms with van der Waals surface area (Å²) in [5.74, 6) is 0.612. The van der Waals surface area contributed by atoms with Gasteiger partial charge in [0.1, 0.15) is 0 Å². The molecule has 0 radical (unpaired) electrons. The maximum atomic E-state index is 5.85. The Balaban J connectivity index is 2.41. The standard InChI is InChI=1S/C17H32N4/c1-17(2,3)16-15-13(9-10-18)7-6-8-14(15)21(19-16)12-11-20(4)5/h13H,6-12,18H2,1-5H3. The number of hydrogen-bond acceptors (Lipinski definition) is 3. The van der Waals surface area contributed by atoms with Gasteiger partial charge in [-0.1, -0.05) is 20.8 Å². The quantitative estimate of drug-likeness (QED) is 0.907. The van der Waals surface area contributed by atoms with Crippen molar-refractivity contribution in [1.29, 1.82) is 0 Å². The fourth-order valence-electron chi connectivity index (χ4n) is 3.39. The van der Waals surface area contributed by atoms with Gasteiger partial charge in [0.15, 0.2) is 0 Å². The zero-order valence-corrected chi connectivity index (χ0v) is 14.4. The summed E-state index contributed by atoms with van der Waals surface area (Å²) in [6.07, 6.45) is 4.81. The first kappa shape index (κ1) is 16.5. The van der Waals surface area contributed by atoms with Gasteiger partial charge < -0.3 is 10.6 Å². The lowest BCUT2D eigenvalue weighted by molar-refractivity contribution is 0.365. The summed E-state index contributed by atoms with van der Waals surface area (Å²) in [6, 6.07) is 0. The predicted octanol–water partition coefficient (Wildman–Crippen LogP) is 2.51. The molecule has 0 aromatic carbocycles. The van der Waals surface area contributed by atoms with E-state index >= 15 is 0 Å². The Morgan fingerprint density at radius 1 is 1.33 bits per heavy atom. The third kappa shape index (κ3) is 3.67. The maximum Gasteiger partial charge on any atom is 0.0715 e. The van der Waals surface area contributed by atoms with Crippen molar-refractivity contribution >= 4 is 0 Å². The van der Waals surface area contributed by atoms with Crippen LogP contribution < -0.4 is 5.73 Å². The monoisotopic (exact) mass is 292 g/mol. The van der Waals surface area contributed by atoms with Gasteiger partial charge in [-0.15, -0.1) is 0 Å². The van der Waals surface area contributed by atoms with Crippen LogP contribution in [0.15, 0.2) is 0 Å². The van der Waals surface area contributed by atoms with Crippen LogP contribution in [0.25, 0.3) is 0 Å². The first-order valence-electron chi connectivity index (χ1n) is 8.29. The van der Waals surface area contributed by atoms with Crippen molar-refractivity contribution in [1.82, 2.24) is 14.7 Å². The molecule has 1 aliphatic rings. The van der Waals surface area contributed by atoms with E-state index in [1.165, 1.54) is 36.2 Å². The number of aromatic nitrogens is 2. The van der Waals surface area contributed by atoms with E-state index < -0.39 is 0 Å². The van der Waals surface area contributed by atoms with E-state index in [9.17, 15) is 0 Å². The van der Waals surface area contributed by atoms with E-state index in [4.69, 9.17) is 10.8 Å². The maximum absolute atomic E-state index is 5.85. The molecule has 1 aromatic heterocycles. The number of nitrogens with two attached hydrogens (primary N) is 1. The molecule has 2 rings (SSSR count). The van der Waals surface area contributed by atoms with Crippen molar-refractivity contribution in [3.8, 4) is 0 Å². The summed E-state index contributed by atoms with van der Waals surface area (Å²) in [7, 11) is 4.25. The molecular formula is C17H32N4. The van der Waals surface area contributed by atoms with Crippen molar-refractivity contribution in [3.05, 3.63) is 17.0 Å². The minimum Gasteiger partial charge on any atom is -0.330 e. The number of rotatable bonds is 5. The molecule has 0 saturated heterocycles. The third-order valence-electron chi connectivity index (χ3n) is 4.46. The van der Waals surface area contributed by atoms with Crippen LogP contribution in [0.3, 0.4) is 0 Å². The van der Waals surface area contributed by atoms with E-state index in [1.807, 2.05) is 0 Å². The van der Waals surface area contributed by atoms with Crippen LogP contribution >= 0.6 is 0 Å². The van der Waals surface area contributed by atoms with Crippen LogP contribution in [0.2, 0.25) is 0 Å². The van der Waals surface area contributed by atoms with Crippen LogP contribution in [0.1, 0.15) is 62.9 Å². The highest BCUT2D eigenvalue weighted by molar-refractivity contribution is 5.36. The average Bonchev–Trinajstić information content (AvgIpc) is 2.76. The molecule has 21 heavy (non-hydrogen) atoms. The Bertz CT molecular complexity index is 468. The second kappa shape index (κ2) is 6.49. The molecule has 1 aromatic rings. The molecule has 0 saturated carbocycles. The molecule has 0 fully saturated rings. The largest absolute Gasteiger partial charge is 0.330 e. The average molecular weight is 292 g/mol. The fourth-order valence-corrected chi connectivity index (χ4v) is 3.39. The normalized spacial score (nSPS) is 19.1. The summed E-state index contributed by atoms with van der Waals surface area (Å²) in [5, 5.41) is 5.02. The molecule has 1 aliphatic carbocycles. The molecule has 1 heterocycles. The van der Waals surface area contributed by atoms with Crippen molar-refractivity contribution in [2.75, 3.05) is 27.2 Å². The first-order valence-corrected chi connectivity index (χ1v) is 8.29. The Labute approximate surface area is 129 Å². The van der Waals surface area contributed by atoms with Crippen LogP contribution in [-0.4, -0.2) is 41.9 Å². The second-order valence-electron chi connectivity index (χ2n) is 7.65. The predicted molar refractivity (Wildman–Crippen MR) is 88.8 cm³/mol. The number of hydrogen-bond donors (Lipinski definition) is 1. The highest BCUT2D eigenvalue weighted by Gasteiger charge is 2.32. The van der Waals surface area contributed by atoms with E-state index in [2.05, 4.69) is 44.4 Å². The molecule has 2 N–H and O–H groups in total. The lowest BCUT2D eigenvalue weighted by Crippen LogP contribution is -2.21. The lowest BCUT2D eigenvalue weighted by Gasteiger charge is -2.27. The SMILES string of the molecule is CN(C)CCn1nc(C(C)(C)C)c2c1CCCC2CCN. The number of fused-ring (bicyclic) bond motifs is 1. The number of likely N-dealkylation sites (N-methyl/N-ethyl adjacent to an activating group) is 1. The minimum absolute atomic E-state index is 0.109. The van der Waals surface area contributed by atoms with Crippen LogP contribution in [0, 0.1) is 0 Å². The van der Waals surface area contributed by atoms with Gasteiger partial charge in [-0.3, -0.25) is 4.68 Å². The van der Waals surface area contributed by atoms with Crippen LogP contribution in [0.4, 0.5) is 0 Å². The van der Waals surface area contributed by atoms with Crippen LogP contribution in [0.5, 0.6) is 0 Å². The van der Waals surface area contributed by atoms with Crippen LogP contribution in [-0.2, 0) is 18.4 Å². The molecule has 0 spiro atoms. The Hall–Kier alpha value is -0.870. The smallest absolute Gasteiger partial charge is 0.0715 e. The van der Waals surface area contributed by atoms with Crippen molar-refractivity contribution < 1.29 is 0 Å². The molecule has 1 atom stereocenters. The molecule has 0 aliphatic heterocycles. The fraction of sp³-hybridized carbons (Fsp3) is 0.824. The van der Waals surface area contributed by atoms with Gasteiger partial charge in [0.2, 0.25) is 0 Å². The zero-order valence-electron chi connectivity index (χ0n) is 14.4. The summed E-state index contributed by atoms with van der Waals surface area (Å²) in [5.41, 5.74) is 10.3. The third-order valence-corrected chi connectivity index (χ3v) is 4.46. The van der Waals surface area contributed by atoms with E-state index in [1.54, 1.807) is 0 Å². The molecule has 0 amide bonds. The van der Waals surface area contributed by atoms with E-state index in [-0.39, 0.29) is 5.41 Å². The highest BCUT2D eigenvalue weighted by atomic mass is 15.3. The molecule has 1 unspecified atom stereocenters. The van der Waals surface area contributed by atoms with Gasteiger partial charge in [0.25, 0.3) is 0 Å². The van der Waals surface area contributed by atoms with Gasteiger partial charge in [-0.25, -0.2) is 0 Å². The van der Waals surface area contributed by atoms with Gasteiger partial charge >= 0.3 is 0 Å². The van der Waals surface area contributed by atoms with Gasteiger partial charge in [-0.05, 0) is 52.2 Å². The van der Waals surface area contributed by atoms with Gasteiger partial charge in [0.05, 0.1) is 12.2 Å². The van der Waals surface area contributed by atoms with Crippen molar-refractivity contribution in [2.45, 2.75) is 64.3 Å². The Morgan fingerprint density at radius 3 is 2.62 bits per heavy atom. The molecular weight excluding hydrogens is 260 g/mol. The Morgan fingerprint density at radius 2 is 2.05 bits per heavy atom. The summed E-state index contributed by atoms with van der Waals surface area (Å²) >= 11 is 0. The minimum atomic E-state index is 0.109. The topological polar surface area (TPSA) is 47.1 Å². The second-order valence-corrected chi connectivity index (χ2v) is 7.65. The number of nitrogens with zero attached hydrogens (tertiary/aromatic N) is 3. The van der Waals surface area contributed by atoms with Gasteiger partial charge in [0, 0.05) is 23.2 Å². The summed E-state index contributed by atoms with van der Waals surface area (Å²) < 4.78 is 2.28. The Kier molecular flexibility index (Phi) is 5.10. The highest BCUT2D eigenvalue weighted by Crippen LogP contribution is 2.40.